The van der Waals surface area contributed by atoms with Gasteiger partial charge in [0.1, 0.15) is 0 Å². The van der Waals surface area contributed by atoms with Crippen molar-refractivity contribution in [2.45, 2.75) is 26.7 Å². The number of aryl methyl sites for hydroxylation is 1. The summed E-state index contributed by atoms with van der Waals surface area (Å²) >= 11 is 6.17. The van der Waals surface area contributed by atoms with Crippen molar-refractivity contribution < 1.29 is 9.59 Å². The second-order valence-electron chi connectivity index (χ2n) is 5.14. The summed E-state index contributed by atoms with van der Waals surface area (Å²) < 4.78 is 0. The molecule has 0 saturated carbocycles. The number of carbonyl (C=O) groups is 2. The average molecular weight is 295 g/mol. The molecule has 0 unspecified atom stereocenters. The number of anilines is 1. The Bertz CT molecular complexity index is 504. The van der Waals surface area contributed by atoms with Crippen LogP contribution in [0.1, 0.15) is 25.3 Å². The van der Waals surface area contributed by atoms with Gasteiger partial charge in [-0.2, -0.15) is 0 Å². The largest absolute Gasteiger partial charge is 0.294 e. The lowest BCUT2D eigenvalue weighted by Crippen LogP contribution is -2.42. The summed E-state index contributed by atoms with van der Waals surface area (Å²) in [6.07, 6.45) is 2.22. The Morgan fingerprint density at radius 3 is 2.50 bits per heavy atom. The van der Waals surface area contributed by atoms with Crippen LogP contribution in [0.3, 0.4) is 0 Å². The van der Waals surface area contributed by atoms with E-state index in [-0.39, 0.29) is 18.4 Å². The highest BCUT2D eigenvalue weighted by atomic mass is 35.5. The van der Waals surface area contributed by atoms with Crippen molar-refractivity contribution in [1.29, 1.82) is 0 Å². The predicted octanol–water partition coefficient (Wildman–Crippen LogP) is 2.62. The van der Waals surface area contributed by atoms with E-state index in [2.05, 4.69) is 4.90 Å². The summed E-state index contributed by atoms with van der Waals surface area (Å²) in [5.41, 5.74) is 1.33. The molecule has 1 aromatic carbocycles. The fraction of sp³-hybridized carbons (Fsp3) is 0.467. The Morgan fingerprint density at radius 2 is 1.95 bits per heavy atom. The zero-order valence-electron chi connectivity index (χ0n) is 11.9. The molecule has 108 valence electrons. The summed E-state index contributed by atoms with van der Waals surface area (Å²) in [4.78, 5) is 27.6. The van der Waals surface area contributed by atoms with Gasteiger partial charge >= 0.3 is 0 Å². The Morgan fingerprint density at radius 1 is 1.30 bits per heavy atom. The average Bonchev–Trinajstić information content (AvgIpc) is 2.86. The maximum absolute atomic E-state index is 12.5. The molecule has 0 spiro atoms. The van der Waals surface area contributed by atoms with E-state index in [0.29, 0.717) is 10.7 Å². The summed E-state index contributed by atoms with van der Waals surface area (Å²) in [5, 5.41) is 0.426. The number of carbonyl (C=O) groups excluding carboxylic acids is 2. The fourth-order valence-corrected chi connectivity index (χ4v) is 2.87. The molecule has 1 aromatic rings. The van der Waals surface area contributed by atoms with Crippen LogP contribution in [0.25, 0.3) is 0 Å². The third kappa shape index (κ3) is 3.19. The van der Waals surface area contributed by atoms with Crippen LogP contribution >= 0.6 is 11.6 Å². The molecule has 1 fully saturated rings. The Hall–Kier alpha value is -1.39. The van der Waals surface area contributed by atoms with Gasteiger partial charge in [-0.3, -0.25) is 14.5 Å². The first-order valence-electron chi connectivity index (χ1n) is 6.81. The number of benzene rings is 1. The van der Waals surface area contributed by atoms with Gasteiger partial charge < -0.3 is 0 Å². The molecule has 20 heavy (non-hydrogen) atoms. The summed E-state index contributed by atoms with van der Waals surface area (Å²) in [6, 6.07) is 5.35. The monoisotopic (exact) mass is 294 g/mol. The molecule has 1 aliphatic rings. The summed E-state index contributed by atoms with van der Waals surface area (Å²) in [5.74, 6) is -0.513. The summed E-state index contributed by atoms with van der Waals surface area (Å²) in [7, 11) is 0. The molecular formula is C15H19ClN2O2. The highest BCUT2D eigenvalue weighted by Gasteiger charge is 2.26. The SMILES string of the molecule is CC(=O)N(C(=O)CN1CCCC1)c1c(C)cccc1Cl. The molecule has 2 rings (SSSR count). The second kappa shape index (κ2) is 6.37. The van der Waals surface area contributed by atoms with Crippen molar-refractivity contribution in [3.8, 4) is 0 Å². The van der Waals surface area contributed by atoms with Crippen LogP contribution in [0.4, 0.5) is 5.69 Å². The molecule has 1 saturated heterocycles. The van der Waals surface area contributed by atoms with E-state index in [4.69, 9.17) is 11.6 Å². The predicted molar refractivity (Wildman–Crippen MR) is 80.0 cm³/mol. The van der Waals surface area contributed by atoms with Gasteiger partial charge in [0.2, 0.25) is 11.8 Å². The number of imide groups is 1. The van der Waals surface area contributed by atoms with Crippen molar-refractivity contribution in [2.24, 2.45) is 0 Å². The highest BCUT2D eigenvalue weighted by molar-refractivity contribution is 6.35. The lowest BCUT2D eigenvalue weighted by atomic mass is 10.1. The van der Waals surface area contributed by atoms with Crippen molar-refractivity contribution >= 4 is 29.1 Å². The molecule has 2 amide bonds. The van der Waals surface area contributed by atoms with E-state index < -0.39 is 0 Å². The first-order chi connectivity index (χ1) is 9.50. The van der Waals surface area contributed by atoms with Gasteiger partial charge in [0.05, 0.1) is 17.3 Å². The number of amides is 2. The Balaban J connectivity index is 2.26. The van der Waals surface area contributed by atoms with Gasteiger partial charge in [-0.1, -0.05) is 23.7 Å². The highest BCUT2D eigenvalue weighted by Crippen LogP contribution is 2.30. The van der Waals surface area contributed by atoms with Crippen LogP contribution in [0.15, 0.2) is 18.2 Å². The minimum atomic E-state index is -0.301. The standard InChI is InChI=1S/C15H19ClN2O2/c1-11-6-5-7-13(16)15(11)18(12(2)19)14(20)10-17-8-3-4-9-17/h5-7H,3-4,8-10H2,1-2H3. The van der Waals surface area contributed by atoms with Crippen LogP contribution in [-0.4, -0.2) is 36.3 Å². The molecule has 4 nitrogen and oxygen atoms in total. The molecule has 0 atom stereocenters. The maximum Gasteiger partial charge on any atom is 0.247 e. The van der Waals surface area contributed by atoms with Gasteiger partial charge in [0.15, 0.2) is 0 Å². The normalized spacial score (nSPS) is 15.3. The van der Waals surface area contributed by atoms with Crippen LogP contribution in [0, 0.1) is 6.92 Å². The van der Waals surface area contributed by atoms with Crippen molar-refractivity contribution in [3.05, 3.63) is 28.8 Å². The Labute approximate surface area is 124 Å². The molecule has 0 N–H and O–H groups in total. The first-order valence-corrected chi connectivity index (χ1v) is 7.19. The lowest BCUT2D eigenvalue weighted by molar-refractivity contribution is -0.126. The van der Waals surface area contributed by atoms with Crippen molar-refractivity contribution in [2.75, 3.05) is 24.5 Å². The Kier molecular flexibility index (Phi) is 4.78. The minimum absolute atomic E-state index is 0.212. The van der Waals surface area contributed by atoms with Crippen molar-refractivity contribution in [3.63, 3.8) is 0 Å². The van der Waals surface area contributed by atoms with Crippen LogP contribution in [0.5, 0.6) is 0 Å². The number of nitrogens with zero attached hydrogens (tertiary/aromatic N) is 2. The number of hydrogen-bond donors (Lipinski definition) is 0. The number of rotatable bonds is 3. The quantitative estimate of drug-likeness (QED) is 0.860. The van der Waals surface area contributed by atoms with E-state index in [0.717, 1.165) is 31.5 Å². The van der Waals surface area contributed by atoms with Gasteiger partial charge in [0.25, 0.3) is 0 Å². The maximum atomic E-state index is 12.5. The molecule has 1 heterocycles. The van der Waals surface area contributed by atoms with E-state index in [1.54, 1.807) is 6.07 Å². The van der Waals surface area contributed by atoms with Crippen molar-refractivity contribution in [1.82, 2.24) is 4.90 Å². The van der Waals surface area contributed by atoms with E-state index in [1.807, 2.05) is 19.1 Å². The van der Waals surface area contributed by atoms with Gasteiger partial charge in [0, 0.05) is 6.92 Å². The number of halogens is 1. The number of hydrogen-bond acceptors (Lipinski definition) is 3. The van der Waals surface area contributed by atoms with Gasteiger partial charge in [-0.05, 0) is 44.5 Å². The zero-order valence-corrected chi connectivity index (χ0v) is 12.6. The third-order valence-electron chi connectivity index (χ3n) is 3.53. The number of likely N-dealkylation sites (tertiary alicyclic amines) is 1. The minimum Gasteiger partial charge on any atom is -0.294 e. The zero-order chi connectivity index (χ0) is 14.7. The van der Waals surface area contributed by atoms with E-state index >= 15 is 0 Å². The van der Waals surface area contributed by atoms with E-state index in [1.165, 1.54) is 11.8 Å². The van der Waals surface area contributed by atoms with Crippen LogP contribution in [-0.2, 0) is 9.59 Å². The van der Waals surface area contributed by atoms with Gasteiger partial charge in [-0.25, -0.2) is 4.90 Å². The van der Waals surface area contributed by atoms with Gasteiger partial charge in [-0.15, -0.1) is 0 Å². The second-order valence-corrected chi connectivity index (χ2v) is 5.54. The summed E-state index contributed by atoms with van der Waals surface area (Å²) in [6.45, 7) is 5.34. The third-order valence-corrected chi connectivity index (χ3v) is 3.84. The van der Waals surface area contributed by atoms with Crippen LogP contribution in [0.2, 0.25) is 5.02 Å². The smallest absolute Gasteiger partial charge is 0.247 e. The molecular weight excluding hydrogens is 276 g/mol. The molecule has 1 aliphatic heterocycles. The lowest BCUT2D eigenvalue weighted by Gasteiger charge is -2.24. The molecule has 0 radical (unpaired) electrons. The van der Waals surface area contributed by atoms with Crippen LogP contribution < -0.4 is 4.90 Å². The van der Waals surface area contributed by atoms with E-state index in [9.17, 15) is 9.59 Å². The molecule has 0 aliphatic carbocycles. The molecule has 5 heteroatoms. The topological polar surface area (TPSA) is 40.6 Å². The molecule has 0 bridgehead atoms. The fourth-order valence-electron chi connectivity index (χ4n) is 2.57. The first kappa shape index (κ1) is 15.0. The number of para-hydroxylation sites is 1. The molecule has 0 aromatic heterocycles.